The van der Waals surface area contributed by atoms with E-state index >= 15 is 0 Å². The molecule has 2 aromatic carbocycles. The molecule has 0 radical (unpaired) electrons. The van der Waals surface area contributed by atoms with Gasteiger partial charge in [0, 0.05) is 36.7 Å². The monoisotopic (exact) mass is 544 g/mol. The van der Waals surface area contributed by atoms with E-state index in [1.54, 1.807) is 6.26 Å². The summed E-state index contributed by atoms with van der Waals surface area (Å²) < 4.78 is 18.5. The van der Waals surface area contributed by atoms with Gasteiger partial charge in [-0.1, -0.05) is 36.4 Å². The van der Waals surface area contributed by atoms with Crippen molar-refractivity contribution in [2.45, 2.75) is 87.6 Å². The minimum atomic E-state index is -1.28. The molecule has 7 nitrogen and oxygen atoms in total. The molecule has 8 heteroatoms. The molecule has 3 heterocycles. The maximum Gasteiger partial charge on any atom is 0.410 e. The van der Waals surface area contributed by atoms with Crippen molar-refractivity contribution in [3.8, 4) is 0 Å². The number of carbonyl (C=O) groups excluding carboxylic acids is 1. The second-order valence-corrected chi connectivity index (χ2v) is 14.1. The molecule has 1 spiro atoms. The molecule has 1 amide bonds. The van der Waals surface area contributed by atoms with Crippen LogP contribution in [0.25, 0.3) is 10.8 Å². The topological polar surface area (TPSA) is 75.6 Å². The largest absolute Gasteiger partial charge is 0.444 e. The third kappa shape index (κ3) is 4.05. The smallest absolute Gasteiger partial charge is 0.410 e. The molecule has 2 fully saturated rings. The van der Waals surface area contributed by atoms with E-state index in [-0.39, 0.29) is 23.6 Å². The Morgan fingerprint density at radius 2 is 1.77 bits per heavy atom. The summed E-state index contributed by atoms with van der Waals surface area (Å²) in [6.07, 6.45) is 7.17. The molecule has 0 saturated carbocycles. The van der Waals surface area contributed by atoms with Crippen LogP contribution in [0, 0.1) is 0 Å². The van der Waals surface area contributed by atoms with E-state index in [4.69, 9.17) is 14.7 Å². The number of rotatable bonds is 2. The molecular weight excluding hydrogens is 508 g/mol. The molecule has 39 heavy (non-hydrogen) atoms. The summed E-state index contributed by atoms with van der Waals surface area (Å²) in [5, 5.41) is 3.13. The van der Waals surface area contributed by atoms with Crippen LogP contribution in [0.2, 0.25) is 0 Å². The standard InChI is InChI=1S/C31H36N4O3S/c1-30(2,3)38-29(36)35-21-11-12-22(35)18-34(17-21)27-23-13-14-31(16-25(23)32-28(33-27)39(4)37)15-20-9-5-7-19-8-6-10-24(31)26(19)20/h5-10,21-22H,11-18H2,1-4H3/t21-,22+,31?,39?. The molecule has 3 aromatic rings. The average Bonchev–Trinajstić information content (AvgIpc) is 3.34. The summed E-state index contributed by atoms with van der Waals surface area (Å²) in [6.45, 7) is 7.17. The summed E-state index contributed by atoms with van der Waals surface area (Å²) in [5.74, 6) is 0.925. The van der Waals surface area contributed by atoms with Crippen molar-refractivity contribution in [2.75, 3.05) is 24.2 Å². The summed E-state index contributed by atoms with van der Waals surface area (Å²) in [7, 11) is -1.28. The Balaban J connectivity index is 1.23. The van der Waals surface area contributed by atoms with E-state index in [1.165, 1.54) is 27.5 Å². The highest BCUT2D eigenvalue weighted by Gasteiger charge is 2.47. The fourth-order valence-corrected chi connectivity index (χ4v) is 8.05. The molecule has 2 saturated heterocycles. The highest BCUT2D eigenvalue weighted by Crippen LogP contribution is 2.50. The molecular formula is C31H36N4O3S. The zero-order chi connectivity index (χ0) is 27.1. The van der Waals surface area contributed by atoms with Crippen molar-refractivity contribution in [3.05, 3.63) is 58.8 Å². The summed E-state index contributed by atoms with van der Waals surface area (Å²) in [5.41, 5.74) is 4.61. The van der Waals surface area contributed by atoms with E-state index in [2.05, 4.69) is 41.3 Å². The number of ether oxygens (including phenoxy) is 1. The molecule has 2 aliphatic heterocycles. The van der Waals surface area contributed by atoms with Gasteiger partial charge >= 0.3 is 6.09 Å². The van der Waals surface area contributed by atoms with Crippen molar-refractivity contribution in [3.63, 3.8) is 0 Å². The summed E-state index contributed by atoms with van der Waals surface area (Å²) in [6, 6.07) is 13.5. The van der Waals surface area contributed by atoms with Gasteiger partial charge in [-0.25, -0.2) is 14.8 Å². The first-order valence-corrected chi connectivity index (χ1v) is 15.7. The Morgan fingerprint density at radius 3 is 2.46 bits per heavy atom. The maximum absolute atomic E-state index is 13.0. The fraction of sp³-hybridized carbons (Fsp3) is 0.516. The second kappa shape index (κ2) is 8.75. The molecule has 2 aliphatic carbocycles. The van der Waals surface area contributed by atoms with E-state index in [1.807, 2.05) is 25.7 Å². The predicted molar refractivity (Wildman–Crippen MR) is 153 cm³/mol. The van der Waals surface area contributed by atoms with Crippen LogP contribution in [0.15, 0.2) is 41.6 Å². The van der Waals surface area contributed by atoms with Crippen LogP contribution in [0.1, 0.15) is 62.4 Å². The van der Waals surface area contributed by atoms with Crippen LogP contribution in [0.4, 0.5) is 10.6 Å². The molecule has 0 N–H and O–H groups in total. The first kappa shape index (κ1) is 25.0. The maximum atomic E-state index is 13.0. The number of hydrogen-bond acceptors (Lipinski definition) is 6. The number of aromatic nitrogens is 2. The van der Waals surface area contributed by atoms with E-state index in [0.29, 0.717) is 18.2 Å². The van der Waals surface area contributed by atoms with Crippen LogP contribution in [0.3, 0.4) is 0 Å². The van der Waals surface area contributed by atoms with Gasteiger partial charge in [0.2, 0.25) is 5.16 Å². The zero-order valence-corrected chi connectivity index (χ0v) is 24.0. The molecule has 1 aromatic heterocycles. The van der Waals surface area contributed by atoms with Gasteiger partial charge in [0.1, 0.15) is 11.4 Å². The van der Waals surface area contributed by atoms with Gasteiger partial charge in [0.25, 0.3) is 0 Å². The third-order valence-corrected chi connectivity index (χ3v) is 9.84. The van der Waals surface area contributed by atoms with Crippen LogP contribution >= 0.6 is 0 Å². The van der Waals surface area contributed by atoms with E-state index in [9.17, 15) is 9.00 Å². The van der Waals surface area contributed by atoms with Gasteiger partial charge in [-0.15, -0.1) is 0 Å². The fourth-order valence-electron chi connectivity index (χ4n) is 7.60. The van der Waals surface area contributed by atoms with Gasteiger partial charge in [0.15, 0.2) is 0 Å². The number of anilines is 1. The van der Waals surface area contributed by atoms with Gasteiger partial charge in [-0.3, -0.25) is 9.11 Å². The molecule has 2 unspecified atom stereocenters. The Kier molecular flexibility index (Phi) is 5.61. The summed E-state index contributed by atoms with van der Waals surface area (Å²) >= 11 is 0. The SMILES string of the molecule is CS(=O)c1nc2c(c(N3C[C@H]4CC[C@@H](C3)N4C(=O)OC(C)(C)C)n1)CCC1(C2)Cc2cccc3cccc1c23. The second-order valence-electron chi connectivity index (χ2n) is 12.8. The Morgan fingerprint density at radius 1 is 1.05 bits per heavy atom. The molecule has 4 aliphatic rings. The first-order valence-electron chi connectivity index (χ1n) is 14.1. The number of piperazine rings is 1. The van der Waals surface area contributed by atoms with Gasteiger partial charge < -0.3 is 9.64 Å². The van der Waals surface area contributed by atoms with Gasteiger partial charge in [0.05, 0.1) is 28.6 Å². The minimum absolute atomic E-state index is 0.0166. The van der Waals surface area contributed by atoms with Crippen molar-refractivity contribution in [1.29, 1.82) is 0 Å². The minimum Gasteiger partial charge on any atom is -0.444 e. The predicted octanol–water partition coefficient (Wildman–Crippen LogP) is 4.94. The van der Waals surface area contributed by atoms with Gasteiger partial charge in [-0.05, 0) is 74.8 Å². The van der Waals surface area contributed by atoms with Crippen molar-refractivity contribution in [1.82, 2.24) is 14.9 Å². The van der Waals surface area contributed by atoms with E-state index in [0.717, 1.165) is 50.0 Å². The first-order chi connectivity index (χ1) is 18.6. The molecule has 7 rings (SSSR count). The average molecular weight is 545 g/mol. The highest BCUT2D eigenvalue weighted by atomic mass is 32.2. The third-order valence-electron chi connectivity index (χ3n) is 9.14. The van der Waals surface area contributed by atoms with Crippen LogP contribution < -0.4 is 4.90 Å². The lowest BCUT2D eigenvalue weighted by Crippen LogP contribution is -2.57. The highest BCUT2D eigenvalue weighted by molar-refractivity contribution is 7.84. The molecule has 2 bridgehead atoms. The zero-order valence-electron chi connectivity index (χ0n) is 23.2. The summed E-state index contributed by atoms with van der Waals surface area (Å²) in [4.78, 5) is 27.2. The van der Waals surface area contributed by atoms with Crippen molar-refractivity contribution >= 4 is 33.5 Å². The van der Waals surface area contributed by atoms with Crippen molar-refractivity contribution < 1.29 is 13.7 Å². The number of carbonyl (C=O) groups is 1. The number of hydrogen-bond donors (Lipinski definition) is 0. The lowest BCUT2D eigenvalue weighted by atomic mass is 9.69. The lowest BCUT2D eigenvalue weighted by molar-refractivity contribution is 0.0122. The van der Waals surface area contributed by atoms with E-state index < -0.39 is 16.4 Å². The normalized spacial score (nSPS) is 26.3. The lowest BCUT2D eigenvalue weighted by Gasteiger charge is -2.43. The Bertz CT molecular complexity index is 1510. The van der Waals surface area contributed by atoms with Gasteiger partial charge in [-0.2, -0.15) is 0 Å². The number of nitrogens with zero attached hydrogens (tertiary/aromatic N) is 4. The Hall–Kier alpha value is -3.00. The Labute approximate surface area is 232 Å². The van der Waals surface area contributed by atoms with Crippen LogP contribution in [-0.4, -0.2) is 62.2 Å². The quantitative estimate of drug-likeness (QED) is 0.426. The number of benzene rings is 2. The van der Waals surface area contributed by atoms with Crippen LogP contribution in [0.5, 0.6) is 0 Å². The number of amides is 1. The molecule has 4 atom stereocenters. The van der Waals surface area contributed by atoms with Crippen LogP contribution in [-0.2, 0) is 40.2 Å². The van der Waals surface area contributed by atoms with Crippen molar-refractivity contribution in [2.24, 2.45) is 0 Å². The number of fused-ring (bicyclic) bond motifs is 4. The molecule has 204 valence electrons.